The van der Waals surface area contributed by atoms with Crippen LogP contribution < -0.4 is 5.32 Å². The van der Waals surface area contributed by atoms with Gasteiger partial charge in [0.2, 0.25) is 5.91 Å². The van der Waals surface area contributed by atoms with Gasteiger partial charge in [0.1, 0.15) is 6.04 Å². The summed E-state index contributed by atoms with van der Waals surface area (Å²) in [5.74, 6) is 1.93. The van der Waals surface area contributed by atoms with Crippen LogP contribution in [0.3, 0.4) is 0 Å². The summed E-state index contributed by atoms with van der Waals surface area (Å²) in [6, 6.07) is -0.696. The first kappa shape index (κ1) is 25.8. The number of likely N-dealkylation sites (N-methyl/N-ethyl adjacent to an activating group) is 1. The van der Waals surface area contributed by atoms with Gasteiger partial charge in [0.15, 0.2) is 0 Å². The summed E-state index contributed by atoms with van der Waals surface area (Å²) in [7, 11) is 3.45. The Balaban J connectivity index is 1.81. The zero-order valence-electron chi connectivity index (χ0n) is 19.4. The molecule has 1 aliphatic heterocycles. The molecule has 0 aromatic carbocycles. The Bertz CT molecular complexity index is 578. The first-order valence-electron chi connectivity index (χ1n) is 11.6. The van der Waals surface area contributed by atoms with Gasteiger partial charge in [0.05, 0.1) is 13.5 Å². The highest BCUT2D eigenvalue weighted by molar-refractivity contribution is 7.99. The predicted molar refractivity (Wildman–Crippen MR) is 124 cm³/mol. The number of hydrogen-bond donors (Lipinski definition) is 1. The molecule has 1 aliphatic carbocycles. The smallest absolute Gasteiger partial charge is 0.318 e. The molecule has 0 aromatic heterocycles. The molecule has 0 radical (unpaired) electrons. The van der Waals surface area contributed by atoms with Crippen LogP contribution in [0.4, 0.5) is 4.79 Å². The molecule has 8 nitrogen and oxygen atoms in total. The first-order chi connectivity index (χ1) is 14.9. The zero-order valence-corrected chi connectivity index (χ0v) is 20.3. The maximum Gasteiger partial charge on any atom is 0.318 e. The van der Waals surface area contributed by atoms with Crippen LogP contribution in [-0.4, -0.2) is 104 Å². The van der Waals surface area contributed by atoms with Crippen LogP contribution >= 0.6 is 11.8 Å². The lowest BCUT2D eigenvalue weighted by Gasteiger charge is -2.34. The lowest BCUT2D eigenvalue weighted by Crippen LogP contribution is -2.55. The van der Waals surface area contributed by atoms with Crippen LogP contribution in [0.25, 0.3) is 0 Å². The number of ether oxygens (including phenoxy) is 1. The van der Waals surface area contributed by atoms with Crippen LogP contribution in [-0.2, 0) is 14.3 Å². The quantitative estimate of drug-likeness (QED) is 0.378. The Morgan fingerprint density at radius 3 is 2.42 bits per heavy atom. The highest BCUT2D eigenvalue weighted by atomic mass is 32.2. The number of hydrogen-bond acceptors (Lipinski definition) is 6. The number of rotatable bonds is 11. The fourth-order valence-corrected chi connectivity index (χ4v) is 4.99. The molecule has 0 spiro atoms. The van der Waals surface area contributed by atoms with Crippen molar-refractivity contribution in [2.45, 2.75) is 51.5 Å². The van der Waals surface area contributed by atoms with Gasteiger partial charge >= 0.3 is 12.0 Å². The second-order valence-corrected chi connectivity index (χ2v) is 9.89. The van der Waals surface area contributed by atoms with Gasteiger partial charge in [0, 0.05) is 50.8 Å². The van der Waals surface area contributed by atoms with E-state index in [-0.39, 0.29) is 17.9 Å². The van der Waals surface area contributed by atoms with E-state index < -0.39 is 6.04 Å². The maximum atomic E-state index is 13.0. The Hall–Kier alpha value is -1.48. The molecule has 2 aliphatic rings. The summed E-state index contributed by atoms with van der Waals surface area (Å²) < 4.78 is 4.67. The molecule has 178 valence electrons. The number of carbonyl (C=O) groups is 3. The number of methoxy groups -OCH3 is 1. The predicted octanol–water partition coefficient (Wildman–Crippen LogP) is 2.04. The summed E-state index contributed by atoms with van der Waals surface area (Å²) >= 11 is 1.65. The molecule has 31 heavy (non-hydrogen) atoms. The number of nitrogens with one attached hydrogen (secondary N) is 1. The number of nitrogens with zero attached hydrogens (tertiary/aromatic N) is 3. The van der Waals surface area contributed by atoms with E-state index in [1.807, 2.05) is 9.80 Å². The van der Waals surface area contributed by atoms with E-state index in [1.165, 1.54) is 32.8 Å². The zero-order chi connectivity index (χ0) is 22.6. The van der Waals surface area contributed by atoms with Crippen molar-refractivity contribution >= 4 is 29.7 Å². The van der Waals surface area contributed by atoms with E-state index in [1.54, 1.807) is 18.7 Å². The SMILES string of the molecule is COC(=O)CCSCCN(CCC1CCCC1)C(=O)NC(C)C(=O)N1CCN(C)CC1. The van der Waals surface area contributed by atoms with Gasteiger partial charge in [-0.15, -0.1) is 0 Å². The fourth-order valence-electron chi connectivity index (χ4n) is 4.13. The van der Waals surface area contributed by atoms with Crippen LogP contribution in [0.2, 0.25) is 0 Å². The number of piperazine rings is 1. The van der Waals surface area contributed by atoms with Crippen molar-refractivity contribution in [1.82, 2.24) is 20.0 Å². The molecule has 0 bridgehead atoms. The molecule has 1 atom stereocenters. The lowest BCUT2D eigenvalue weighted by atomic mass is 10.0. The Labute approximate surface area is 191 Å². The molecule has 2 fully saturated rings. The first-order valence-corrected chi connectivity index (χ1v) is 12.7. The van der Waals surface area contributed by atoms with Gasteiger partial charge in [-0.2, -0.15) is 11.8 Å². The number of thioether (sulfide) groups is 1. The molecule has 1 unspecified atom stereocenters. The highest BCUT2D eigenvalue weighted by Gasteiger charge is 2.26. The number of carbonyl (C=O) groups excluding carboxylic acids is 3. The highest BCUT2D eigenvalue weighted by Crippen LogP contribution is 2.27. The monoisotopic (exact) mass is 456 g/mol. The molecule has 0 aromatic rings. The van der Waals surface area contributed by atoms with E-state index in [0.29, 0.717) is 44.3 Å². The van der Waals surface area contributed by atoms with Crippen molar-refractivity contribution in [2.75, 3.05) is 64.9 Å². The third-order valence-corrected chi connectivity index (χ3v) is 7.24. The second kappa shape index (κ2) is 13.8. The van der Waals surface area contributed by atoms with Crippen LogP contribution in [0.1, 0.15) is 45.4 Å². The van der Waals surface area contributed by atoms with Gasteiger partial charge in [-0.25, -0.2) is 4.79 Å². The van der Waals surface area contributed by atoms with E-state index in [2.05, 4.69) is 22.0 Å². The van der Waals surface area contributed by atoms with E-state index >= 15 is 0 Å². The summed E-state index contributed by atoms with van der Waals surface area (Å²) in [5, 5.41) is 2.93. The van der Waals surface area contributed by atoms with E-state index in [9.17, 15) is 14.4 Å². The fraction of sp³-hybridized carbons (Fsp3) is 0.864. The minimum atomic E-state index is -0.531. The maximum absolute atomic E-state index is 13.0. The standard InChI is InChI=1S/C22H40N4O4S/c1-18(21(28)25-13-11-24(2)12-14-25)23-22(29)26(10-8-19-6-4-5-7-19)15-17-31-16-9-20(27)30-3/h18-19H,4-17H2,1-3H3,(H,23,29). The molecule has 1 saturated heterocycles. The topological polar surface area (TPSA) is 82.2 Å². The van der Waals surface area contributed by atoms with Gasteiger partial charge in [0.25, 0.3) is 0 Å². The van der Waals surface area contributed by atoms with E-state index in [0.717, 1.165) is 25.3 Å². The third kappa shape index (κ3) is 9.27. The largest absolute Gasteiger partial charge is 0.469 e. The number of amides is 3. The minimum Gasteiger partial charge on any atom is -0.469 e. The van der Waals surface area contributed by atoms with Crippen molar-refractivity contribution in [3.63, 3.8) is 0 Å². The van der Waals surface area contributed by atoms with Crippen molar-refractivity contribution < 1.29 is 19.1 Å². The summed E-state index contributed by atoms with van der Waals surface area (Å²) in [6.45, 7) is 6.24. The molecule has 9 heteroatoms. The molecular weight excluding hydrogens is 416 g/mol. The Kier molecular flexibility index (Phi) is 11.5. The van der Waals surface area contributed by atoms with Gasteiger partial charge < -0.3 is 24.8 Å². The van der Waals surface area contributed by atoms with Gasteiger partial charge in [-0.05, 0) is 26.3 Å². The Morgan fingerprint density at radius 1 is 1.10 bits per heavy atom. The van der Waals surface area contributed by atoms with Crippen molar-refractivity contribution in [1.29, 1.82) is 0 Å². The lowest BCUT2D eigenvalue weighted by molar-refractivity contribution is -0.140. The van der Waals surface area contributed by atoms with Crippen molar-refractivity contribution in [3.8, 4) is 0 Å². The average molecular weight is 457 g/mol. The summed E-state index contributed by atoms with van der Waals surface area (Å²) in [6.07, 6.45) is 6.48. The number of urea groups is 1. The summed E-state index contributed by atoms with van der Waals surface area (Å²) in [4.78, 5) is 42.9. The van der Waals surface area contributed by atoms with Gasteiger partial charge in [-0.3, -0.25) is 9.59 Å². The van der Waals surface area contributed by atoms with Crippen LogP contribution in [0, 0.1) is 5.92 Å². The van der Waals surface area contributed by atoms with Crippen LogP contribution in [0.15, 0.2) is 0 Å². The molecule has 3 amide bonds. The van der Waals surface area contributed by atoms with E-state index in [4.69, 9.17) is 0 Å². The van der Waals surface area contributed by atoms with Crippen molar-refractivity contribution in [3.05, 3.63) is 0 Å². The second-order valence-electron chi connectivity index (χ2n) is 8.66. The molecule has 1 saturated carbocycles. The molecule has 1 heterocycles. The Morgan fingerprint density at radius 2 is 1.77 bits per heavy atom. The third-order valence-electron chi connectivity index (χ3n) is 6.28. The molecule has 2 rings (SSSR count). The molecular formula is C22H40N4O4S. The normalized spacial score (nSPS) is 18.6. The van der Waals surface area contributed by atoms with Crippen LogP contribution in [0.5, 0.6) is 0 Å². The average Bonchev–Trinajstić information content (AvgIpc) is 3.28. The van der Waals surface area contributed by atoms with Crippen molar-refractivity contribution in [2.24, 2.45) is 5.92 Å². The summed E-state index contributed by atoms with van der Waals surface area (Å²) in [5.41, 5.74) is 0. The minimum absolute atomic E-state index is 0.00959. The van der Waals surface area contributed by atoms with Gasteiger partial charge in [-0.1, -0.05) is 25.7 Å². The number of esters is 1. The molecule has 1 N–H and O–H groups in total.